The van der Waals surface area contributed by atoms with Crippen LogP contribution in [0, 0.1) is 11.8 Å². The Labute approximate surface area is 220 Å². The Bertz CT molecular complexity index is 1390. The molecule has 5 rings (SSSR count). The van der Waals surface area contributed by atoms with E-state index in [0.717, 1.165) is 36.8 Å². The predicted octanol–water partition coefficient (Wildman–Crippen LogP) is 2.68. The number of amides is 2. The summed E-state index contributed by atoms with van der Waals surface area (Å²) >= 11 is 0. The van der Waals surface area contributed by atoms with Crippen LogP contribution < -0.4 is 15.4 Å². The Balaban J connectivity index is 1.23. The third-order valence-corrected chi connectivity index (χ3v) is 7.38. The molecule has 2 aliphatic rings. The quantitative estimate of drug-likeness (QED) is 0.470. The first-order valence-corrected chi connectivity index (χ1v) is 13.1. The van der Waals surface area contributed by atoms with Crippen molar-refractivity contribution in [1.29, 1.82) is 0 Å². The molecule has 0 spiro atoms. The molecule has 1 aromatic carbocycles. The largest absolute Gasteiger partial charge is 0.486 e. The van der Waals surface area contributed by atoms with E-state index in [1.807, 2.05) is 19.1 Å². The molecule has 2 aromatic heterocycles. The SMILES string of the molecule is CCC(=O)C1CCC(CNC(=O)c2cc(C(=O)NCc3ccc4c(c3)CC(=O)CO4)nc3ccnn23)CC1. The van der Waals surface area contributed by atoms with Crippen molar-refractivity contribution in [2.45, 2.75) is 52.0 Å². The minimum Gasteiger partial charge on any atom is -0.486 e. The maximum Gasteiger partial charge on any atom is 0.270 e. The normalized spacial score (nSPS) is 18.9. The number of ether oxygens (including phenoxy) is 1. The molecule has 3 heterocycles. The Morgan fingerprint density at radius 3 is 2.66 bits per heavy atom. The zero-order valence-electron chi connectivity index (χ0n) is 21.4. The predicted molar refractivity (Wildman–Crippen MR) is 138 cm³/mol. The molecule has 10 heteroatoms. The lowest BCUT2D eigenvalue weighted by Gasteiger charge is -2.27. The van der Waals surface area contributed by atoms with Crippen molar-refractivity contribution < 1.29 is 23.9 Å². The number of aromatic nitrogens is 3. The second kappa shape index (κ2) is 11.1. The first kappa shape index (κ1) is 25.6. The summed E-state index contributed by atoms with van der Waals surface area (Å²) in [6, 6.07) is 8.58. The molecular weight excluding hydrogens is 486 g/mol. The molecule has 0 saturated heterocycles. The van der Waals surface area contributed by atoms with Gasteiger partial charge < -0.3 is 15.4 Å². The van der Waals surface area contributed by atoms with E-state index >= 15 is 0 Å². The maximum absolute atomic E-state index is 13.1. The number of ketones is 2. The maximum atomic E-state index is 13.1. The van der Waals surface area contributed by atoms with Gasteiger partial charge in [0.2, 0.25) is 0 Å². The lowest BCUT2D eigenvalue weighted by Crippen LogP contribution is -2.34. The van der Waals surface area contributed by atoms with Crippen molar-refractivity contribution in [3.8, 4) is 5.75 Å². The van der Waals surface area contributed by atoms with Crippen LogP contribution in [0.1, 0.15) is 71.1 Å². The molecule has 0 unspecified atom stereocenters. The summed E-state index contributed by atoms with van der Waals surface area (Å²) in [5.74, 6) is 0.733. The summed E-state index contributed by atoms with van der Waals surface area (Å²) in [7, 11) is 0. The van der Waals surface area contributed by atoms with Crippen LogP contribution in [0.4, 0.5) is 0 Å². The van der Waals surface area contributed by atoms with Gasteiger partial charge in [-0.15, -0.1) is 0 Å². The summed E-state index contributed by atoms with van der Waals surface area (Å²) in [5.41, 5.74) is 2.36. The van der Waals surface area contributed by atoms with E-state index in [2.05, 4.69) is 20.7 Å². The van der Waals surface area contributed by atoms with Gasteiger partial charge in [-0.25, -0.2) is 9.50 Å². The van der Waals surface area contributed by atoms with Gasteiger partial charge in [-0.3, -0.25) is 19.2 Å². The average molecular weight is 518 g/mol. The molecule has 1 aliphatic heterocycles. The van der Waals surface area contributed by atoms with Crippen LogP contribution in [-0.2, 0) is 22.6 Å². The number of benzene rings is 1. The highest BCUT2D eigenvalue weighted by Gasteiger charge is 2.26. The van der Waals surface area contributed by atoms with Crippen molar-refractivity contribution >= 4 is 29.0 Å². The third-order valence-electron chi connectivity index (χ3n) is 7.38. The van der Waals surface area contributed by atoms with E-state index in [0.29, 0.717) is 42.5 Å². The van der Waals surface area contributed by atoms with E-state index in [1.165, 1.54) is 16.8 Å². The fraction of sp³-hybridized carbons (Fsp3) is 0.429. The summed E-state index contributed by atoms with van der Waals surface area (Å²) < 4.78 is 6.85. The summed E-state index contributed by atoms with van der Waals surface area (Å²) in [6.07, 6.45) is 5.96. The molecule has 2 amide bonds. The number of hydrogen-bond donors (Lipinski definition) is 2. The summed E-state index contributed by atoms with van der Waals surface area (Å²) in [5, 5.41) is 10.0. The second-order valence-electron chi connectivity index (χ2n) is 10.0. The molecule has 0 radical (unpaired) electrons. The number of fused-ring (bicyclic) bond motifs is 2. The molecule has 1 fully saturated rings. The molecule has 0 bridgehead atoms. The van der Waals surface area contributed by atoms with Gasteiger partial charge in [0.25, 0.3) is 11.8 Å². The molecule has 10 nitrogen and oxygen atoms in total. The van der Waals surface area contributed by atoms with E-state index in [4.69, 9.17) is 4.74 Å². The smallest absolute Gasteiger partial charge is 0.270 e. The van der Waals surface area contributed by atoms with Crippen LogP contribution in [0.3, 0.4) is 0 Å². The number of carbonyl (C=O) groups is 4. The van der Waals surface area contributed by atoms with Crippen LogP contribution in [-0.4, -0.2) is 51.1 Å². The molecule has 2 N–H and O–H groups in total. The van der Waals surface area contributed by atoms with Crippen LogP contribution in [0.2, 0.25) is 0 Å². The third kappa shape index (κ3) is 5.58. The Morgan fingerprint density at radius 1 is 1.05 bits per heavy atom. The monoisotopic (exact) mass is 517 g/mol. The van der Waals surface area contributed by atoms with Gasteiger partial charge in [0.15, 0.2) is 11.4 Å². The Hall–Kier alpha value is -4.08. The van der Waals surface area contributed by atoms with Crippen LogP contribution in [0.5, 0.6) is 5.75 Å². The van der Waals surface area contributed by atoms with Crippen molar-refractivity contribution in [1.82, 2.24) is 25.2 Å². The van der Waals surface area contributed by atoms with Crippen molar-refractivity contribution in [2.75, 3.05) is 13.2 Å². The number of Topliss-reactive ketones (excluding diaryl/α,β-unsaturated/α-hetero) is 2. The lowest BCUT2D eigenvalue weighted by molar-refractivity contribution is -0.123. The fourth-order valence-electron chi connectivity index (χ4n) is 5.21. The van der Waals surface area contributed by atoms with Gasteiger partial charge in [-0.1, -0.05) is 13.0 Å². The lowest BCUT2D eigenvalue weighted by atomic mass is 9.79. The summed E-state index contributed by atoms with van der Waals surface area (Å²) in [4.78, 5) is 54.1. The Morgan fingerprint density at radius 2 is 1.87 bits per heavy atom. The first-order chi connectivity index (χ1) is 18.4. The fourth-order valence-corrected chi connectivity index (χ4v) is 5.21. The second-order valence-corrected chi connectivity index (χ2v) is 10.0. The van der Waals surface area contributed by atoms with E-state index in [-0.39, 0.29) is 42.1 Å². The molecule has 198 valence electrons. The van der Waals surface area contributed by atoms with Gasteiger partial charge >= 0.3 is 0 Å². The number of rotatable bonds is 8. The molecule has 0 atom stereocenters. The number of carbonyl (C=O) groups excluding carboxylic acids is 4. The van der Waals surface area contributed by atoms with Gasteiger partial charge in [0.1, 0.15) is 29.5 Å². The van der Waals surface area contributed by atoms with Gasteiger partial charge in [0, 0.05) is 49.5 Å². The van der Waals surface area contributed by atoms with Crippen molar-refractivity contribution in [3.63, 3.8) is 0 Å². The Kier molecular flexibility index (Phi) is 7.48. The van der Waals surface area contributed by atoms with E-state index < -0.39 is 5.91 Å². The van der Waals surface area contributed by atoms with Gasteiger partial charge in [-0.2, -0.15) is 5.10 Å². The van der Waals surface area contributed by atoms with Gasteiger partial charge in [-0.05, 0) is 49.3 Å². The zero-order valence-corrected chi connectivity index (χ0v) is 21.4. The number of nitrogens with zero attached hydrogens (tertiary/aromatic N) is 3. The highest BCUT2D eigenvalue weighted by molar-refractivity contribution is 5.98. The first-order valence-electron chi connectivity index (χ1n) is 13.1. The molecule has 1 aliphatic carbocycles. The number of nitrogens with one attached hydrogen (secondary N) is 2. The minimum atomic E-state index is -0.424. The highest BCUT2D eigenvalue weighted by atomic mass is 16.5. The standard InChI is InChI=1S/C28H31N5O5/c1-2-24(35)19-6-3-17(4-7-19)14-30-28(37)23-13-22(32-26-9-10-31-33(23)26)27(36)29-15-18-5-8-25-20(11-18)12-21(34)16-38-25/h5,8-11,13,17,19H,2-4,6-7,12,14-16H2,1H3,(H,29,36)(H,30,37). The zero-order chi connectivity index (χ0) is 26.6. The van der Waals surface area contributed by atoms with Gasteiger partial charge in [0.05, 0.1) is 6.20 Å². The summed E-state index contributed by atoms with van der Waals surface area (Å²) in [6.45, 7) is 2.73. The van der Waals surface area contributed by atoms with Crippen LogP contribution >= 0.6 is 0 Å². The van der Waals surface area contributed by atoms with Crippen molar-refractivity contribution in [3.05, 3.63) is 59.0 Å². The number of hydrogen-bond acceptors (Lipinski definition) is 7. The molecule has 1 saturated carbocycles. The molecule has 38 heavy (non-hydrogen) atoms. The minimum absolute atomic E-state index is 0.0158. The van der Waals surface area contributed by atoms with Crippen LogP contribution in [0.15, 0.2) is 36.5 Å². The average Bonchev–Trinajstić information content (AvgIpc) is 3.42. The highest BCUT2D eigenvalue weighted by Crippen LogP contribution is 2.29. The topological polar surface area (TPSA) is 132 Å². The molecule has 3 aromatic rings. The van der Waals surface area contributed by atoms with E-state index in [9.17, 15) is 19.2 Å². The van der Waals surface area contributed by atoms with Crippen molar-refractivity contribution in [2.24, 2.45) is 11.8 Å². The van der Waals surface area contributed by atoms with Crippen LogP contribution in [0.25, 0.3) is 5.65 Å². The van der Waals surface area contributed by atoms with E-state index in [1.54, 1.807) is 12.1 Å². The molecular formula is C28H31N5O5.